The first-order chi connectivity index (χ1) is 8.70. The number of nitrogens with zero attached hydrogens (tertiary/aromatic N) is 1. The van der Waals surface area contributed by atoms with Gasteiger partial charge < -0.3 is 10.5 Å². The minimum absolute atomic E-state index is 0.189. The normalized spacial score (nSPS) is 12.4. The highest BCUT2D eigenvalue weighted by atomic mass is 35.5. The Labute approximate surface area is 120 Å². The Morgan fingerprint density at radius 3 is 2.89 bits per heavy atom. The van der Waals surface area contributed by atoms with Gasteiger partial charge in [-0.15, -0.1) is 11.3 Å². The van der Waals surface area contributed by atoms with Crippen molar-refractivity contribution < 1.29 is 4.74 Å². The first-order valence-electron chi connectivity index (χ1n) is 5.42. The zero-order valence-electron chi connectivity index (χ0n) is 9.48. The molecule has 18 heavy (non-hydrogen) atoms. The number of halogens is 2. The zero-order valence-corrected chi connectivity index (χ0v) is 11.8. The molecule has 1 aromatic heterocycles. The lowest BCUT2D eigenvalue weighted by Crippen LogP contribution is -2.13. The van der Waals surface area contributed by atoms with Crippen LogP contribution in [-0.2, 0) is 0 Å². The maximum absolute atomic E-state index is 6.07. The third-order valence-corrected chi connectivity index (χ3v) is 3.73. The van der Waals surface area contributed by atoms with Crippen molar-refractivity contribution in [1.82, 2.24) is 4.98 Å². The summed E-state index contributed by atoms with van der Waals surface area (Å²) in [5, 5.41) is 3.90. The molecule has 0 spiro atoms. The fourth-order valence-electron chi connectivity index (χ4n) is 1.50. The lowest BCUT2D eigenvalue weighted by Gasteiger charge is -2.17. The Morgan fingerprint density at radius 2 is 2.22 bits per heavy atom. The molecule has 0 aliphatic carbocycles. The SMILES string of the molecule is NCCC(Oc1cc(Cl)ccc1Cl)c1nccs1. The predicted octanol–water partition coefficient (Wildman–Crippen LogP) is 3.92. The van der Waals surface area contributed by atoms with Crippen molar-refractivity contribution in [3.63, 3.8) is 0 Å². The van der Waals surface area contributed by atoms with E-state index in [1.807, 2.05) is 5.38 Å². The molecule has 3 nitrogen and oxygen atoms in total. The number of aromatic nitrogens is 1. The van der Waals surface area contributed by atoms with Crippen LogP contribution in [0.2, 0.25) is 10.0 Å². The van der Waals surface area contributed by atoms with Gasteiger partial charge in [-0.1, -0.05) is 23.2 Å². The van der Waals surface area contributed by atoms with Crippen molar-refractivity contribution in [2.24, 2.45) is 5.73 Å². The topological polar surface area (TPSA) is 48.1 Å². The summed E-state index contributed by atoms with van der Waals surface area (Å²) in [5.41, 5.74) is 5.59. The first kappa shape index (κ1) is 13.6. The summed E-state index contributed by atoms with van der Waals surface area (Å²) >= 11 is 13.5. The van der Waals surface area contributed by atoms with Gasteiger partial charge in [0.2, 0.25) is 0 Å². The summed E-state index contributed by atoms with van der Waals surface area (Å²) < 4.78 is 5.86. The van der Waals surface area contributed by atoms with E-state index in [1.54, 1.807) is 24.4 Å². The molecule has 0 amide bonds. The highest BCUT2D eigenvalue weighted by Crippen LogP contribution is 2.33. The van der Waals surface area contributed by atoms with Crippen molar-refractivity contribution in [2.45, 2.75) is 12.5 Å². The molecule has 0 saturated heterocycles. The van der Waals surface area contributed by atoms with E-state index in [1.165, 1.54) is 11.3 Å². The summed E-state index contributed by atoms with van der Waals surface area (Å²) in [6.07, 6.45) is 2.23. The van der Waals surface area contributed by atoms with Crippen molar-refractivity contribution in [2.75, 3.05) is 6.54 Å². The van der Waals surface area contributed by atoms with Gasteiger partial charge in [0.25, 0.3) is 0 Å². The molecule has 0 aliphatic rings. The molecular formula is C12H12Cl2N2OS. The third kappa shape index (κ3) is 3.36. The smallest absolute Gasteiger partial charge is 0.151 e. The fourth-order valence-corrected chi connectivity index (χ4v) is 2.52. The highest BCUT2D eigenvalue weighted by Gasteiger charge is 2.17. The van der Waals surface area contributed by atoms with Crippen LogP contribution >= 0.6 is 34.5 Å². The number of thiazole rings is 1. The van der Waals surface area contributed by atoms with E-state index in [4.69, 9.17) is 33.7 Å². The van der Waals surface area contributed by atoms with Crippen LogP contribution in [0, 0.1) is 0 Å². The lowest BCUT2D eigenvalue weighted by molar-refractivity contribution is 0.197. The van der Waals surface area contributed by atoms with Crippen molar-refractivity contribution in [1.29, 1.82) is 0 Å². The van der Waals surface area contributed by atoms with Gasteiger partial charge in [-0.3, -0.25) is 0 Å². The number of hydrogen-bond acceptors (Lipinski definition) is 4. The standard InChI is InChI=1S/C12H12Cl2N2OS/c13-8-1-2-9(14)11(7-8)17-10(3-4-15)12-16-5-6-18-12/h1-2,5-7,10H,3-4,15H2. The van der Waals surface area contributed by atoms with E-state index >= 15 is 0 Å². The van der Waals surface area contributed by atoms with E-state index in [2.05, 4.69) is 4.98 Å². The van der Waals surface area contributed by atoms with Gasteiger partial charge >= 0.3 is 0 Å². The van der Waals surface area contributed by atoms with Gasteiger partial charge in [0, 0.05) is 29.1 Å². The second-order valence-electron chi connectivity index (χ2n) is 3.63. The molecule has 2 N–H and O–H groups in total. The van der Waals surface area contributed by atoms with Crippen LogP contribution in [0.1, 0.15) is 17.5 Å². The Bertz CT molecular complexity index is 505. The maximum Gasteiger partial charge on any atom is 0.151 e. The average Bonchev–Trinajstić information content (AvgIpc) is 2.87. The van der Waals surface area contributed by atoms with Crippen LogP contribution in [0.15, 0.2) is 29.8 Å². The molecule has 96 valence electrons. The van der Waals surface area contributed by atoms with E-state index in [0.717, 1.165) is 5.01 Å². The van der Waals surface area contributed by atoms with Crippen molar-refractivity contribution >= 4 is 34.5 Å². The van der Waals surface area contributed by atoms with Crippen LogP contribution in [0.5, 0.6) is 5.75 Å². The third-order valence-electron chi connectivity index (χ3n) is 2.32. The van der Waals surface area contributed by atoms with Crippen LogP contribution in [0.3, 0.4) is 0 Å². The van der Waals surface area contributed by atoms with Gasteiger partial charge in [-0.2, -0.15) is 0 Å². The van der Waals surface area contributed by atoms with E-state index in [9.17, 15) is 0 Å². The molecule has 0 aliphatic heterocycles. The monoisotopic (exact) mass is 302 g/mol. The molecule has 1 atom stereocenters. The summed E-state index contributed by atoms with van der Waals surface area (Å²) in [5.74, 6) is 0.554. The van der Waals surface area contributed by atoms with Gasteiger partial charge in [0.1, 0.15) is 10.8 Å². The quantitative estimate of drug-likeness (QED) is 0.910. The molecule has 0 bridgehead atoms. The molecule has 1 unspecified atom stereocenters. The molecule has 0 saturated carbocycles. The summed E-state index contributed by atoms with van der Waals surface area (Å²) in [6.45, 7) is 0.516. The fraction of sp³-hybridized carbons (Fsp3) is 0.250. The summed E-state index contributed by atoms with van der Waals surface area (Å²) in [7, 11) is 0. The minimum Gasteiger partial charge on any atom is -0.482 e. The molecule has 2 aromatic rings. The number of nitrogens with two attached hydrogens (primary N) is 1. The second kappa shape index (κ2) is 6.38. The van der Waals surface area contributed by atoms with Crippen LogP contribution in [-0.4, -0.2) is 11.5 Å². The maximum atomic E-state index is 6.07. The van der Waals surface area contributed by atoms with Gasteiger partial charge in [0.15, 0.2) is 6.10 Å². The van der Waals surface area contributed by atoms with Gasteiger partial charge in [-0.25, -0.2) is 4.98 Å². The van der Waals surface area contributed by atoms with Crippen LogP contribution < -0.4 is 10.5 Å². The summed E-state index contributed by atoms with van der Waals surface area (Å²) in [6, 6.07) is 5.12. The Hall–Kier alpha value is -0.810. The van der Waals surface area contributed by atoms with Gasteiger partial charge in [0.05, 0.1) is 5.02 Å². The zero-order chi connectivity index (χ0) is 13.0. The average molecular weight is 303 g/mol. The largest absolute Gasteiger partial charge is 0.482 e. The Morgan fingerprint density at radius 1 is 1.39 bits per heavy atom. The Kier molecular flexibility index (Phi) is 4.83. The van der Waals surface area contributed by atoms with Crippen LogP contribution in [0.4, 0.5) is 0 Å². The lowest BCUT2D eigenvalue weighted by atomic mass is 10.2. The number of rotatable bonds is 5. The molecule has 0 fully saturated rings. The molecule has 1 aromatic carbocycles. The molecule has 0 radical (unpaired) electrons. The predicted molar refractivity (Wildman–Crippen MR) is 75.6 cm³/mol. The number of benzene rings is 1. The van der Waals surface area contributed by atoms with Crippen molar-refractivity contribution in [3.05, 3.63) is 44.8 Å². The molecule has 2 rings (SSSR count). The van der Waals surface area contributed by atoms with E-state index in [-0.39, 0.29) is 6.10 Å². The second-order valence-corrected chi connectivity index (χ2v) is 5.40. The number of ether oxygens (including phenoxy) is 1. The van der Waals surface area contributed by atoms with E-state index in [0.29, 0.717) is 28.8 Å². The van der Waals surface area contributed by atoms with E-state index < -0.39 is 0 Å². The van der Waals surface area contributed by atoms with Gasteiger partial charge in [-0.05, 0) is 18.7 Å². The summed E-state index contributed by atoms with van der Waals surface area (Å²) in [4.78, 5) is 4.25. The Balaban J connectivity index is 2.21. The van der Waals surface area contributed by atoms with Crippen molar-refractivity contribution in [3.8, 4) is 5.75 Å². The minimum atomic E-state index is -0.189. The molecule has 6 heteroatoms. The van der Waals surface area contributed by atoms with Crippen LogP contribution in [0.25, 0.3) is 0 Å². The molecular weight excluding hydrogens is 291 g/mol. The molecule has 1 heterocycles. The highest BCUT2D eigenvalue weighted by molar-refractivity contribution is 7.09. The first-order valence-corrected chi connectivity index (χ1v) is 7.05. The number of hydrogen-bond donors (Lipinski definition) is 1.